The fourth-order valence-corrected chi connectivity index (χ4v) is 2.01. The van der Waals surface area contributed by atoms with Crippen LogP contribution in [-0.2, 0) is 13.1 Å². The minimum atomic E-state index is 0.164. The first-order valence-corrected chi connectivity index (χ1v) is 7.31. The van der Waals surface area contributed by atoms with Crippen LogP contribution in [0.2, 0.25) is 0 Å². The third-order valence-corrected chi connectivity index (χ3v) is 3.27. The highest BCUT2D eigenvalue weighted by molar-refractivity contribution is 5.15. The van der Waals surface area contributed by atoms with Gasteiger partial charge in [-0.1, -0.05) is 33.8 Å². The molecule has 1 aromatic heterocycles. The summed E-state index contributed by atoms with van der Waals surface area (Å²) in [7, 11) is 0. The molecular weight excluding hydrogens is 236 g/mol. The van der Waals surface area contributed by atoms with E-state index < -0.39 is 0 Å². The van der Waals surface area contributed by atoms with Crippen LogP contribution in [0.3, 0.4) is 0 Å². The fraction of sp³-hybridized carbons (Fsp3) is 0.688. The smallest absolute Gasteiger partial charge is 0.255 e. The number of hydrogen-bond donors (Lipinski definition) is 1. The summed E-state index contributed by atoms with van der Waals surface area (Å²) in [5.74, 6) is 1.22. The van der Waals surface area contributed by atoms with Gasteiger partial charge in [0.1, 0.15) is 0 Å². The molecule has 108 valence electrons. The van der Waals surface area contributed by atoms with Crippen molar-refractivity contribution < 1.29 is 0 Å². The van der Waals surface area contributed by atoms with Crippen LogP contribution >= 0.6 is 0 Å². The SMILES string of the molecule is Cc1ccc(CNCC(C)C)c(=O)n1CCC(C)C. The van der Waals surface area contributed by atoms with Crippen LogP contribution < -0.4 is 10.9 Å². The number of pyridine rings is 1. The van der Waals surface area contributed by atoms with Crippen LogP contribution in [0.15, 0.2) is 16.9 Å². The molecule has 3 nitrogen and oxygen atoms in total. The molecule has 0 bridgehead atoms. The molecule has 1 aromatic rings. The van der Waals surface area contributed by atoms with E-state index in [9.17, 15) is 4.79 Å². The lowest BCUT2D eigenvalue weighted by Gasteiger charge is -2.14. The Kier molecular flexibility index (Phi) is 6.29. The molecule has 19 heavy (non-hydrogen) atoms. The topological polar surface area (TPSA) is 34.0 Å². The summed E-state index contributed by atoms with van der Waals surface area (Å²) >= 11 is 0. The molecule has 0 aliphatic heterocycles. The summed E-state index contributed by atoms with van der Waals surface area (Å²) in [6.45, 7) is 13.2. The Balaban J connectivity index is 2.78. The summed E-state index contributed by atoms with van der Waals surface area (Å²) in [6, 6.07) is 4.00. The molecule has 0 radical (unpaired) electrons. The molecule has 0 fully saturated rings. The van der Waals surface area contributed by atoms with Crippen LogP contribution in [0.4, 0.5) is 0 Å². The van der Waals surface area contributed by atoms with E-state index in [1.165, 1.54) is 0 Å². The Morgan fingerprint density at radius 1 is 1.16 bits per heavy atom. The zero-order valence-electron chi connectivity index (χ0n) is 13.0. The largest absolute Gasteiger partial charge is 0.313 e. The number of aryl methyl sites for hydroxylation is 1. The van der Waals surface area contributed by atoms with E-state index in [1.807, 2.05) is 23.6 Å². The van der Waals surface area contributed by atoms with Gasteiger partial charge in [0.2, 0.25) is 0 Å². The molecular formula is C16H28N2O. The van der Waals surface area contributed by atoms with Crippen molar-refractivity contribution in [3.63, 3.8) is 0 Å². The van der Waals surface area contributed by atoms with E-state index in [0.717, 1.165) is 30.8 Å². The van der Waals surface area contributed by atoms with Gasteiger partial charge in [-0.25, -0.2) is 0 Å². The Morgan fingerprint density at radius 3 is 2.42 bits per heavy atom. The molecule has 0 saturated heterocycles. The van der Waals surface area contributed by atoms with Crippen molar-refractivity contribution in [2.75, 3.05) is 6.54 Å². The lowest BCUT2D eigenvalue weighted by atomic mass is 10.1. The lowest BCUT2D eigenvalue weighted by Crippen LogP contribution is -2.30. The molecule has 0 saturated carbocycles. The predicted molar refractivity (Wildman–Crippen MR) is 81.4 cm³/mol. The van der Waals surface area contributed by atoms with Crippen molar-refractivity contribution in [2.45, 2.75) is 54.1 Å². The summed E-state index contributed by atoms with van der Waals surface area (Å²) in [5, 5.41) is 3.34. The molecule has 0 aliphatic rings. The van der Waals surface area contributed by atoms with Crippen LogP contribution in [0.1, 0.15) is 45.4 Å². The Hall–Kier alpha value is -1.09. The van der Waals surface area contributed by atoms with Gasteiger partial charge in [-0.2, -0.15) is 0 Å². The molecule has 0 amide bonds. The van der Waals surface area contributed by atoms with Gasteiger partial charge < -0.3 is 9.88 Å². The first-order valence-electron chi connectivity index (χ1n) is 7.31. The van der Waals surface area contributed by atoms with Crippen molar-refractivity contribution in [3.05, 3.63) is 33.7 Å². The maximum absolute atomic E-state index is 12.4. The third kappa shape index (κ3) is 5.19. The van der Waals surface area contributed by atoms with E-state index in [-0.39, 0.29) is 5.56 Å². The number of aromatic nitrogens is 1. The van der Waals surface area contributed by atoms with Crippen molar-refractivity contribution >= 4 is 0 Å². The second-order valence-corrected chi connectivity index (χ2v) is 6.16. The highest BCUT2D eigenvalue weighted by Gasteiger charge is 2.07. The Labute approximate surface area is 117 Å². The van der Waals surface area contributed by atoms with Gasteiger partial charge in [0.15, 0.2) is 0 Å². The minimum Gasteiger partial charge on any atom is -0.313 e. The highest BCUT2D eigenvalue weighted by Crippen LogP contribution is 2.05. The zero-order valence-corrected chi connectivity index (χ0v) is 13.0. The van der Waals surface area contributed by atoms with Crippen molar-refractivity contribution in [3.8, 4) is 0 Å². The van der Waals surface area contributed by atoms with Gasteiger partial charge in [-0.15, -0.1) is 0 Å². The normalized spacial score (nSPS) is 11.5. The Morgan fingerprint density at radius 2 is 1.84 bits per heavy atom. The van der Waals surface area contributed by atoms with Gasteiger partial charge in [-0.3, -0.25) is 4.79 Å². The fourth-order valence-electron chi connectivity index (χ4n) is 2.01. The third-order valence-electron chi connectivity index (χ3n) is 3.27. The maximum atomic E-state index is 12.4. The number of nitrogens with zero attached hydrogens (tertiary/aromatic N) is 1. The van der Waals surface area contributed by atoms with E-state index in [2.05, 4.69) is 33.0 Å². The Bertz CT molecular complexity index is 447. The quantitative estimate of drug-likeness (QED) is 0.821. The minimum absolute atomic E-state index is 0.164. The second kappa shape index (κ2) is 7.49. The standard InChI is InChI=1S/C16H28N2O/c1-12(2)8-9-18-14(5)6-7-15(16(18)19)11-17-10-13(3)4/h6-7,12-13,17H,8-11H2,1-5H3. The summed E-state index contributed by atoms with van der Waals surface area (Å²) in [6.07, 6.45) is 1.05. The molecule has 0 aromatic carbocycles. The maximum Gasteiger partial charge on any atom is 0.255 e. The number of rotatable bonds is 7. The molecule has 1 heterocycles. The predicted octanol–water partition coefficient (Wildman–Crippen LogP) is 2.95. The second-order valence-electron chi connectivity index (χ2n) is 6.16. The van der Waals surface area contributed by atoms with Crippen LogP contribution in [-0.4, -0.2) is 11.1 Å². The molecule has 0 unspecified atom stereocenters. The monoisotopic (exact) mass is 264 g/mol. The van der Waals surface area contributed by atoms with Gasteiger partial charge in [0.25, 0.3) is 5.56 Å². The van der Waals surface area contributed by atoms with Crippen LogP contribution in [0.5, 0.6) is 0 Å². The van der Waals surface area contributed by atoms with Crippen molar-refractivity contribution in [2.24, 2.45) is 11.8 Å². The average molecular weight is 264 g/mol. The molecule has 0 atom stereocenters. The van der Waals surface area contributed by atoms with Crippen LogP contribution in [0, 0.1) is 18.8 Å². The number of nitrogens with one attached hydrogen (secondary N) is 1. The molecule has 3 heteroatoms. The summed E-state index contributed by atoms with van der Waals surface area (Å²) in [5.41, 5.74) is 2.09. The van der Waals surface area contributed by atoms with E-state index in [1.54, 1.807) is 0 Å². The van der Waals surface area contributed by atoms with E-state index >= 15 is 0 Å². The average Bonchev–Trinajstić information content (AvgIpc) is 2.31. The van der Waals surface area contributed by atoms with Crippen molar-refractivity contribution in [1.82, 2.24) is 9.88 Å². The molecule has 0 spiro atoms. The lowest BCUT2D eigenvalue weighted by molar-refractivity contribution is 0.496. The van der Waals surface area contributed by atoms with E-state index in [4.69, 9.17) is 0 Å². The van der Waals surface area contributed by atoms with Gasteiger partial charge in [-0.05, 0) is 37.8 Å². The first-order chi connectivity index (χ1) is 8.91. The molecule has 0 aliphatic carbocycles. The van der Waals surface area contributed by atoms with Gasteiger partial charge in [0.05, 0.1) is 0 Å². The van der Waals surface area contributed by atoms with Crippen LogP contribution in [0.25, 0.3) is 0 Å². The number of hydrogen-bond acceptors (Lipinski definition) is 2. The zero-order chi connectivity index (χ0) is 14.4. The van der Waals surface area contributed by atoms with Crippen molar-refractivity contribution in [1.29, 1.82) is 0 Å². The molecule has 1 N–H and O–H groups in total. The summed E-state index contributed by atoms with van der Waals surface area (Å²) in [4.78, 5) is 12.4. The van der Waals surface area contributed by atoms with Gasteiger partial charge in [0, 0.05) is 24.3 Å². The van der Waals surface area contributed by atoms with Gasteiger partial charge >= 0.3 is 0 Å². The first kappa shape index (κ1) is 16.0. The van der Waals surface area contributed by atoms with E-state index in [0.29, 0.717) is 18.4 Å². The molecule has 1 rings (SSSR count). The highest BCUT2D eigenvalue weighted by atomic mass is 16.1. The summed E-state index contributed by atoms with van der Waals surface area (Å²) < 4.78 is 1.91.